The number of hydrogen-bond acceptors (Lipinski definition) is 7. The van der Waals surface area contributed by atoms with Crippen LogP contribution in [0.15, 0.2) is 42.5 Å². The lowest BCUT2D eigenvalue weighted by Gasteiger charge is -2.32. The van der Waals surface area contributed by atoms with Crippen LogP contribution in [-0.2, 0) is 35.1 Å². The lowest BCUT2D eigenvalue weighted by atomic mass is 10.0. The minimum atomic E-state index is -1.20. The van der Waals surface area contributed by atoms with Crippen LogP contribution in [-0.4, -0.2) is 63.6 Å². The number of methoxy groups -OCH3 is 3. The minimum Gasteiger partial charge on any atom is -0.467 e. The number of aliphatic hydroxyl groups is 1. The smallest absolute Gasteiger partial charge is 0.337 e. The zero-order valence-corrected chi connectivity index (χ0v) is 17.2. The first kappa shape index (κ1) is 24.3. The van der Waals surface area contributed by atoms with Crippen LogP contribution in [0, 0.1) is 5.92 Å². The van der Waals surface area contributed by atoms with Gasteiger partial charge in [-0.2, -0.15) is 0 Å². The topological polar surface area (TPSA) is 83.5 Å². The van der Waals surface area contributed by atoms with Gasteiger partial charge in [-0.15, -0.1) is 0 Å². The summed E-state index contributed by atoms with van der Waals surface area (Å²) in [6.07, 6.45) is -0.459. The summed E-state index contributed by atoms with van der Waals surface area (Å²) in [6.45, 7) is 4.17. The molecule has 0 heterocycles. The fraction of sp³-hybridized carbons (Fsp3) is 0.571. The Hall–Kier alpha value is -1.77. The highest BCUT2D eigenvalue weighted by Crippen LogP contribution is 2.19. The van der Waals surface area contributed by atoms with Crippen molar-refractivity contribution < 1.29 is 33.6 Å². The van der Waals surface area contributed by atoms with Crippen molar-refractivity contribution in [3.63, 3.8) is 0 Å². The Labute approximate surface area is 167 Å². The highest BCUT2D eigenvalue weighted by atomic mass is 16.7. The van der Waals surface area contributed by atoms with E-state index in [2.05, 4.69) is 0 Å². The molecular weight excluding hydrogens is 364 g/mol. The summed E-state index contributed by atoms with van der Waals surface area (Å²) in [5.74, 6) is -0.388. The maximum absolute atomic E-state index is 12.2. The van der Waals surface area contributed by atoms with Crippen LogP contribution in [0.5, 0.6) is 0 Å². The molecule has 0 fully saturated rings. The van der Waals surface area contributed by atoms with E-state index in [0.29, 0.717) is 0 Å². The molecule has 158 valence electrons. The van der Waals surface area contributed by atoms with E-state index in [1.165, 1.54) is 21.3 Å². The van der Waals surface area contributed by atoms with Gasteiger partial charge in [0.15, 0.2) is 6.10 Å². The molecule has 4 atom stereocenters. The number of ether oxygens (including phenoxy) is 5. The molecule has 1 N–H and O–H groups in total. The molecule has 1 aromatic rings. The Morgan fingerprint density at radius 2 is 1.75 bits per heavy atom. The maximum atomic E-state index is 12.2. The van der Waals surface area contributed by atoms with Gasteiger partial charge >= 0.3 is 5.97 Å². The molecule has 1 rings (SSSR count). The first-order valence-corrected chi connectivity index (χ1v) is 9.17. The van der Waals surface area contributed by atoms with Crippen molar-refractivity contribution in [2.75, 3.05) is 28.1 Å². The maximum Gasteiger partial charge on any atom is 0.337 e. The normalized spacial score (nSPS) is 16.1. The Kier molecular flexibility index (Phi) is 11.6. The first-order chi connectivity index (χ1) is 13.4. The zero-order valence-electron chi connectivity index (χ0n) is 17.2. The lowest BCUT2D eigenvalue weighted by Crippen LogP contribution is -2.50. The minimum absolute atomic E-state index is 0.0224. The summed E-state index contributed by atoms with van der Waals surface area (Å²) in [4.78, 5) is 12.2. The van der Waals surface area contributed by atoms with E-state index in [4.69, 9.17) is 23.7 Å². The molecule has 0 aliphatic rings. The number of carbonyl (C=O) groups is 1. The first-order valence-electron chi connectivity index (χ1n) is 9.17. The number of carbonyl (C=O) groups excluding carboxylic acids is 1. The molecule has 0 spiro atoms. The quantitative estimate of drug-likeness (QED) is 0.311. The summed E-state index contributed by atoms with van der Waals surface area (Å²) in [7, 11) is 4.11. The summed E-state index contributed by atoms with van der Waals surface area (Å²) >= 11 is 0. The van der Waals surface area contributed by atoms with Gasteiger partial charge in [-0.1, -0.05) is 56.3 Å². The summed E-state index contributed by atoms with van der Waals surface area (Å²) in [6, 6.07) is 9.44. The van der Waals surface area contributed by atoms with Crippen molar-refractivity contribution in [2.24, 2.45) is 5.92 Å². The van der Waals surface area contributed by atoms with Gasteiger partial charge in [0.25, 0.3) is 0 Å². The molecule has 7 nitrogen and oxygen atoms in total. The van der Waals surface area contributed by atoms with E-state index in [-0.39, 0.29) is 19.3 Å². The van der Waals surface area contributed by atoms with E-state index in [1.807, 2.05) is 50.3 Å². The third-order valence-corrected chi connectivity index (χ3v) is 4.01. The SMILES string of the molecule is COCO[C@H](/C=C/C(C)C)[C@H](O)[C@@H](OCc1ccccc1)[C@@H](OC)C(=O)OC. The second kappa shape index (κ2) is 13.4. The van der Waals surface area contributed by atoms with Crippen LogP contribution in [0.2, 0.25) is 0 Å². The average Bonchev–Trinajstić information content (AvgIpc) is 2.70. The monoisotopic (exact) mass is 396 g/mol. The molecule has 0 saturated carbocycles. The highest BCUT2D eigenvalue weighted by Gasteiger charge is 2.39. The molecule has 0 aliphatic carbocycles. The van der Waals surface area contributed by atoms with E-state index >= 15 is 0 Å². The fourth-order valence-corrected chi connectivity index (χ4v) is 2.55. The van der Waals surface area contributed by atoms with Crippen LogP contribution in [0.1, 0.15) is 19.4 Å². The van der Waals surface area contributed by atoms with Gasteiger partial charge in [0.05, 0.1) is 13.7 Å². The van der Waals surface area contributed by atoms with Crippen LogP contribution in [0.25, 0.3) is 0 Å². The molecule has 0 aromatic heterocycles. The van der Waals surface area contributed by atoms with Gasteiger partial charge in [0.2, 0.25) is 0 Å². The van der Waals surface area contributed by atoms with Gasteiger partial charge in [0, 0.05) is 14.2 Å². The largest absolute Gasteiger partial charge is 0.467 e. The van der Waals surface area contributed by atoms with Crippen LogP contribution < -0.4 is 0 Å². The van der Waals surface area contributed by atoms with Gasteiger partial charge in [-0.05, 0) is 11.5 Å². The molecule has 7 heteroatoms. The average molecular weight is 396 g/mol. The molecule has 0 radical (unpaired) electrons. The standard InChI is InChI=1S/C21H32O7/c1-15(2)11-12-17(28-14-24-3)18(22)19(20(25-4)21(23)26-5)27-13-16-9-7-6-8-10-16/h6-12,15,17-20,22H,13-14H2,1-5H3/b12-11+/t17-,18+,19-,20-/m1/s1. The second-order valence-corrected chi connectivity index (χ2v) is 6.60. The number of hydrogen-bond donors (Lipinski definition) is 1. The zero-order chi connectivity index (χ0) is 20.9. The Balaban J connectivity index is 3.07. The van der Waals surface area contributed by atoms with Gasteiger partial charge in [-0.3, -0.25) is 0 Å². The molecule has 0 unspecified atom stereocenters. The Morgan fingerprint density at radius 3 is 2.29 bits per heavy atom. The number of rotatable bonds is 13. The van der Waals surface area contributed by atoms with Gasteiger partial charge in [0.1, 0.15) is 25.1 Å². The number of allylic oxidation sites excluding steroid dienone is 1. The van der Waals surface area contributed by atoms with E-state index in [0.717, 1.165) is 5.56 Å². The molecule has 0 saturated heterocycles. The van der Waals surface area contributed by atoms with Gasteiger partial charge in [-0.25, -0.2) is 4.79 Å². The van der Waals surface area contributed by atoms with Gasteiger partial charge < -0.3 is 28.8 Å². The van der Waals surface area contributed by atoms with Crippen molar-refractivity contribution in [3.05, 3.63) is 48.0 Å². The van der Waals surface area contributed by atoms with Crippen LogP contribution in [0.4, 0.5) is 0 Å². The summed E-state index contributed by atoms with van der Waals surface area (Å²) < 4.78 is 26.6. The molecular formula is C21H32O7. The van der Waals surface area contributed by atoms with E-state index in [9.17, 15) is 9.90 Å². The predicted octanol–water partition coefficient (Wildman–Crippen LogP) is 2.32. The van der Waals surface area contributed by atoms with Crippen molar-refractivity contribution in [3.8, 4) is 0 Å². The Bertz CT molecular complexity index is 573. The molecule has 0 aliphatic heterocycles. The fourth-order valence-electron chi connectivity index (χ4n) is 2.55. The molecule has 0 amide bonds. The summed E-state index contributed by atoms with van der Waals surface area (Å²) in [5.41, 5.74) is 0.895. The number of esters is 1. The highest BCUT2D eigenvalue weighted by molar-refractivity contribution is 5.75. The molecule has 0 bridgehead atoms. The van der Waals surface area contributed by atoms with Crippen molar-refractivity contribution in [2.45, 2.75) is 44.9 Å². The van der Waals surface area contributed by atoms with Crippen molar-refractivity contribution in [1.29, 1.82) is 0 Å². The second-order valence-electron chi connectivity index (χ2n) is 6.60. The molecule has 1 aromatic carbocycles. The van der Waals surface area contributed by atoms with E-state index in [1.54, 1.807) is 6.08 Å². The lowest BCUT2D eigenvalue weighted by molar-refractivity contribution is -0.186. The predicted molar refractivity (Wildman–Crippen MR) is 105 cm³/mol. The van der Waals surface area contributed by atoms with Crippen LogP contribution in [0.3, 0.4) is 0 Å². The number of aliphatic hydroxyl groups excluding tert-OH is 1. The third kappa shape index (κ3) is 8.08. The van der Waals surface area contributed by atoms with Crippen LogP contribution >= 0.6 is 0 Å². The van der Waals surface area contributed by atoms with Crippen molar-refractivity contribution >= 4 is 5.97 Å². The number of benzene rings is 1. The van der Waals surface area contributed by atoms with E-state index < -0.39 is 30.4 Å². The Morgan fingerprint density at radius 1 is 1.07 bits per heavy atom. The van der Waals surface area contributed by atoms with Crippen molar-refractivity contribution in [1.82, 2.24) is 0 Å². The molecule has 28 heavy (non-hydrogen) atoms. The third-order valence-electron chi connectivity index (χ3n) is 4.01. The summed E-state index contributed by atoms with van der Waals surface area (Å²) in [5, 5.41) is 11.0.